The number of hydrogen-bond acceptors (Lipinski definition) is 1. The summed E-state index contributed by atoms with van der Waals surface area (Å²) in [4.78, 5) is 0. The van der Waals surface area contributed by atoms with Gasteiger partial charge in [-0.15, -0.1) is 0 Å². The second-order valence-electron chi connectivity index (χ2n) is 2.92. The average molecular weight is 238 g/mol. The van der Waals surface area contributed by atoms with Crippen LogP contribution in [0.2, 0.25) is 0 Å². The largest absolute Gasteiger partial charge is 0.198 e. The number of halogens is 1. The van der Waals surface area contributed by atoms with E-state index in [-0.39, 0.29) is 5.92 Å². The van der Waals surface area contributed by atoms with Gasteiger partial charge >= 0.3 is 0 Å². The topological polar surface area (TPSA) is 23.8 Å². The Labute approximate surface area is 87.5 Å². The lowest BCUT2D eigenvalue weighted by molar-refractivity contribution is 0.735. The summed E-state index contributed by atoms with van der Waals surface area (Å²) in [7, 11) is 0. The summed E-state index contributed by atoms with van der Waals surface area (Å²) >= 11 is 3.37. The summed E-state index contributed by atoms with van der Waals surface area (Å²) in [5.74, 6) is 0.0544. The molecule has 0 aliphatic carbocycles. The standard InChI is InChI=1S/C11H12BrN/c12-8-4-7-11(9-13)10-5-2-1-3-6-10/h1-3,5-6,11H,4,7-8H2. The van der Waals surface area contributed by atoms with Crippen molar-refractivity contribution >= 4 is 15.9 Å². The van der Waals surface area contributed by atoms with Gasteiger partial charge in [0.15, 0.2) is 0 Å². The second kappa shape index (κ2) is 5.77. The van der Waals surface area contributed by atoms with E-state index in [0.717, 1.165) is 23.7 Å². The molecular weight excluding hydrogens is 226 g/mol. The minimum Gasteiger partial charge on any atom is -0.198 e. The van der Waals surface area contributed by atoms with Crippen LogP contribution < -0.4 is 0 Å². The van der Waals surface area contributed by atoms with Crippen molar-refractivity contribution in [3.05, 3.63) is 35.9 Å². The number of alkyl halides is 1. The summed E-state index contributed by atoms with van der Waals surface area (Å²) < 4.78 is 0. The van der Waals surface area contributed by atoms with Crippen LogP contribution in [-0.2, 0) is 0 Å². The van der Waals surface area contributed by atoms with E-state index in [0.29, 0.717) is 0 Å². The number of hydrogen-bond donors (Lipinski definition) is 0. The first-order valence-corrected chi connectivity index (χ1v) is 5.51. The highest BCUT2D eigenvalue weighted by molar-refractivity contribution is 9.09. The Morgan fingerprint density at radius 2 is 2.00 bits per heavy atom. The molecule has 1 aromatic carbocycles. The number of nitrogens with zero attached hydrogens (tertiary/aromatic N) is 1. The third-order valence-electron chi connectivity index (χ3n) is 1.98. The van der Waals surface area contributed by atoms with Crippen molar-refractivity contribution in [3.8, 4) is 6.07 Å². The van der Waals surface area contributed by atoms with Crippen LogP contribution in [0.5, 0.6) is 0 Å². The molecule has 0 saturated heterocycles. The molecule has 68 valence electrons. The lowest BCUT2D eigenvalue weighted by atomic mass is 9.96. The van der Waals surface area contributed by atoms with Gasteiger partial charge in [0.25, 0.3) is 0 Å². The predicted molar refractivity (Wildman–Crippen MR) is 57.8 cm³/mol. The van der Waals surface area contributed by atoms with E-state index in [4.69, 9.17) is 5.26 Å². The predicted octanol–water partition coefficient (Wildman–Crippen LogP) is 3.47. The highest BCUT2D eigenvalue weighted by Gasteiger charge is 2.08. The van der Waals surface area contributed by atoms with E-state index in [1.54, 1.807) is 0 Å². The lowest BCUT2D eigenvalue weighted by Crippen LogP contribution is -1.95. The quantitative estimate of drug-likeness (QED) is 0.737. The minimum atomic E-state index is 0.0544. The van der Waals surface area contributed by atoms with Crippen LogP contribution in [0.25, 0.3) is 0 Å². The van der Waals surface area contributed by atoms with E-state index >= 15 is 0 Å². The van der Waals surface area contributed by atoms with E-state index < -0.39 is 0 Å². The van der Waals surface area contributed by atoms with Crippen LogP contribution >= 0.6 is 15.9 Å². The smallest absolute Gasteiger partial charge is 0.0713 e. The van der Waals surface area contributed by atoms with Crippen LogP contribution in [0.1, 0.15) is 24.3 Å². The molecule has 0 spiro atoms. The van der Waals surface area contributed by atoms with Gasteiger partial charge in [0.05, 0.1) is 12.0 Å². The first-order valence-electron chi connectivity index (χ1n) is 4.39. The lowest BCUT2D eigenvalue weighted by Gasteiger charge is -2.07. The van der Waals surface area contributed by atoms with Gasteiger partial charge in [-0.1, -0.05) is 46.3 Å². The maximum absolute atomic E-state index is 8.94. The van der Waals surface area contributed by atoms with Crippen molar-refractivity contribution in [2.45, 2.75) is 18.8 Å². The molecule has 0 amide bonds. The molecule has 1 unspecified atom stereocenters. The monoisotopic (exact) mass is 237 g/mol. The fourth-order valence-electron chi connectivity index (χ4n) is 1.27. The number of nitriles is 1. The molecule has 1 atom stereocenters. The summed E-state index contributed by atoms with van der Waals surface area (Å²) in [6.45, 7) is 0. The van der Waals surface area contributed by atoms with Crippen molar-refractivity contribution in [1.82, 2.24) is 0 Å². The Hall–Kier alpha value is -0.810. The van der Waals surface area contributed by atoms with Crippen molar-refractivity contribution < 1.29 is 0 Å². The second-order valence-corrected chi connectivity index (χ2v) is 3.72. The Kier molecular flexibility index (Phi) is 4.56. The fraction of sp³-hybridized carbons (Fsp3) is 0.364. The highest BCUT2D eigenvalue weighted by atomic mass is 79.9. The first-order chi connectivity index (χ1) is 6.38. The summed E-state index contributed by atoms with van der Waals surface area (Å²) in [5.41, 5.74) is 1.13. The van der Waals surface area contributed by atoms with Gasteiger partial charge in [-0.25, -0.2) is 0 Å². The Morgan fingerprint density at radius 3 is 2.54 bits per heavy atom. The van der Waals surface area contributed by atoms with Gasteiger partial charge in [0.1, 0.15) is 0 Å². The van der Waals surface area contributed by atoms with Crippen LogP contribution in [-0.4, -0.2) is 5.33 Å². The van der Waals surface area contributed by atoms with Gasteiger partial charge in [0, 0.05) is 5.33 Å². The maximum Gasteiger partial charge on any atom is 0.0713 e. The van der Waals surface area contributed by atoms with Crippen molar-refractivity contribution in [2.75, 3.05) is 5.33 Å². The zero-order valence-electron chi connectivity index (χ0n) is 7.41. The van der Waals surface area contributed by atoms with E-state index in [1.807, 2.05) is 30.3 Å². The average Bonchev–Trinajstić information content (AvgIpc) is 2.21. The molecule has 2 heteroatoms. The maximum atomic E-state index is 8.94. The SMILES string of the molecule is N#CC(CCCBr)c1ccccc1. The van der Waals surface area contributed by atoms with Crippen LogP contribution in [0.4, 0.5) is 0 Å². The molecule has 13 heavy (non-hydrogen) atoms. The molecule has 0 aromatic heterocycles. The Morgan fingerprint density at radius 1 is 1.31 bits per heavy atom. The normalized spacial score (nSPS) is 12.0. The molecule has 0 radical (unpaired) electrons. The highest BCUT2D eigenvalue weighted by Crippen LogP contribution is 2.20. The number of rotatable bonds is 4. The zero-order valence-corrected chi connectivity index (χ0v) is 9.00. The zero-order chi connectivity index (χ0) is 9.52. The molecule has 0 aliphatic rings. The molecule has 1 rings (SSSR count). The summed E-state index contributed by atoms with van der Waals surface area (Å²) in [5, 5.41) is 9.91. The molecule has 0 bridgehead atoms. The molecule has 0 N–H and O–H groups in total. The van der Waals surface area contributed by atoms with Crippen LogP contribution in [0.15, 0.2) is 30.3 Å². The van der Waals surface area contributed by atoms with Gasteiger partial charge in [-0.2, -0.15) is 5.26 Å². The third kappa shape index (κ3) is 3.20. The molecule has 1 nitrogen and oxygen atoms in total. The van der Waals surface area contributed by atoms with Crippen molar-refractivity contribution in [1.29, 1.82) is 5.26 Å². The fourth-order valence-corrected chi connectivity index (χ4v) is 1.60. The molecule has 0 saturated carbocycles. The molecule has 1 aromatic rings. The number of benzene rings is 1. The summed E-state index contributed by atoms with van der Waals surface area (Å²) in [6, 6.07) is 12.3. The van der Waals surface area contributed by atoms with E-state index in [9.17, 15) is 0 Å². The van der Waals surface area contributed by atoms with E-state index in [2.05, 4.69) is 22.0 Å². The Balaban J connectivity index is 2.63. The van der Waals surface area contributed by atoms with Crippen LogP contribution in [0.3, 0.4) is 0 Å². The van der Waals surface area contributed by atoms with Gasteiger partial charge < -0.3 is 0 Å². The van der Waals surface area contributed by atoms with Gasteiger partial charge in [0.2, 0.25) is 0 Å². The van der Waals surface area contributed by atoms with E-state index in [1.165, 1.54) is 0 Å². The van der Waals surface area contributed by atoms with Crippen LogP contribution in [0, 0.1) is 11.3 Å². The minimum absolute atomic E-state index is 0.0544. The third-order valence-corrected chi connectivity index (χ3v) is 2.54. The molecule has 0 heterocycles. The molecule has 0 fully saturated rings. The molecular formula is C11H12BrN. The van der Waals surface area contributed by atoms with Gasteiger partial charge in [-0.05, 0) is 18.4 Å². The summed E-state index contributed by atoms with van der Waals surface area (Å²) in [6.07, 6.45) is 1.99. The molecule has 0 aliphatic heterocycles. The van der Waals surface area contributed by atoms with Gasteiger partial charge in [-0.3, -0.25) is 0 Å². The van der Waals surface area contributed by atoms with Crippen molar-refractivity contribution in [2.24, 2.45) is 0 Å². The first kappa shape index (κ1) is 10.3. The van der Waals surface area contributed by atoms with Crippen molar-refractivity contribution in [3.63, 3.8) is 0 Å². The Bertz CT molecular complexity index is 276.